The SMILES string of the molecule is CCCNC(C)C1CCCN(Cc2cc(C)ccc2C)C1. The maximum atomic E-state index is 3.68. The van der Waals surface area contributed by atoms with Crippen LogP contribution in [0.3, 0.4) is 0 Å². The standard InChI is InChI=1S/C19H32N2/c1-5-10-20-17(4)18-7-6-11-21(13-18)14-19-12-15(2)8-9-16(19)3/h8-9,12,17-18,20H,5-7,10-11,13-14H2,1-4H3. The van der Waals surface area contributed by atoms with Crippen LogP contribution in [-0.4, -0.2) is 30.6 Å². The second-order valence-corrected chi connectivity index (χ2v) is 6.81. The highest BCUT2D eigenvalue weighted by molar-refractivity contribution is 5.30. The summed E-state index contributed by atoms with van der Waals surface area (Å²) in [5, 5.41) is 3.68. The second kappa shape index (κ2) is 7.95. The van der Waals surface area contributed by atoms with Crippen molar-refractivity contribution in [1.82, 2.24) is 10.2 Å². The van der Waals surface area contributed by atoms with Gasteiger partial charge < -0.3 is 5.32 Å². The molecule has 0 aromatic heterocycles. The van der Waals surface area contributed by atoms with Gasteiger partial charge in [-0.25, -0.2) is 0 Å². The Morgan fingerprint density at radius 1 is 1.33 bits per heavy atom. The van der Waals surface area contributed by atoms with Crippen molar-refractivity contribution in [3.8, 4) is 0 Å². The van der Waals surface area contributed by atoms with Crippen molar-refractivity contribution in [2.24, 2.45) is 5.92 Å². The zero-order valence-electron chi connectivity index (χ0n) is 14.3. The van der Waals surface area contributed by atoms with Crippen molar-refractivity contribution in [2.45, 2.75) is 59.5 Å². The van der Waals surface area contributed by atoms with E-state index in [0.717, 1.165) is 19.0 Å². The van der Waals surface area contributed by atoms with Gasteiger partial charge >= 0.3 is 0 Å². The van der Waals surface area contributed by atoms with Crippen LogP contribution in [-0.2, 0) is 6.54 Å². The summed E-state index contributed by atoms with van der Waals surface area (Å²) >= 11 is 0. The van der Waals surface area contributed by atoms with Crippen molar-refractivity contribution < 1.29 is 0 Å². The molecule has 1 aromatic rings. The van der Waals surface area contributed by atoms with Crippen LogP contribution in [0.2, 0.25) is 0 Å². The van der Waals surface area contributed by atoms with Gasteiger partial charge in [-0.2, -0.15) is 0 Å². The number of benzene rings is 1. The minimum atomic E-state index is 0.645. The number of likely N-dealkylation sites (tertiary alicyclic amines) is 1. The molecule has 1 saturated heterocycles. The van der Waals surface area contributed by atoms with Gasteiger partial charge in [0.25, 0.3) is 0 Å². The molecule has 0 radical (unpaired) electrons. The van der Waals surface area contributed by atoms with Crippen molar-refractivity contribution in [2.75, 3.05) is 19.6 Å². The molecule has 2 rings (SSSR count). The minimum Gasteiger partial charge on any atom is -0.314 e. The van der Waals surface area contributed by atoms with E-state index >= 15 is 0 Å². The molecule has 0 spiro atoms. The Morgan fingerprint density at radius 2 is 2.14 bits per heavy atom. The van der Waals surface area contributed by atoms with E-state index in [9.17, 15) is 0 Å². The highest BCUT2D eigenvalue weighted by Crippen LogP contribution is 2.22. The first-order valence-corrected chi connectivity index (χ1v) is 8.62. The number of aryl methyl sites for hydroxylation is 2. The molecule has 2 heteroatoms. The van der Waals surface area contributed by atoms with Crippen molar-refractivity contribution in [3.63, 3.8) is 0 Å². The monoisotopic (exact) mass is 288 g/mol. The van der Waals surface area contributed by atoms with Gasteiger partial charge in [0.2, 0.25) is 0 Å². The number of piperidine rings is 1. The van der Waals surface area contributed by atoms with E-state index in [1.807, 2.05) is 0 Å². The Balaban J connectivity index is 1.93. The molecule has 0 bridgehead atoms. The van der Waals surface area contributed by atoms with Gasteiger partial charge in [0, 0.05) is 19.1 Å². The lowest BCUT2D eigenvalue weighted by Crippen LogP contribution is -2.44. The van der Waals surface area contributed by atoms with Gasteiger partial charge in [-0.3, -0.25) is 4.90 Å². The molecule has 2 atom stereocenters. The molecule has 0 saturated carbocycles. The highest BCUT2D eigenvalue weighted by atomic mass is 15.1. The minimum absolute atomic E-state index is 0.645. The maximum Gasteiger partial charge on any atom is 0.0236 e. The molecule has 21 heavy (non-hydrogen) atoms. The van der Waals surface area contributed by atoms with Crippen LogP contribution in [0.5, 0.6) is 0 Å². The van der Waals surface area contributed by atoms with Gasteiger partial charge in [-0.15, -0.1) is 0 Å². The van der Waals surface area contributed by atoms with Crippen LogP contribution in [0, 0.1) is 19.8 Å². The summed E-state index contributed by atoms with van der Waals surface area (Å²) < 4.78 is 0. The molecule has 1 N–H and O–H groups in total. The van der Waals surface area contributed by atoms with Crippen molar-refractivity contribution in [3.05, 3.63) is 34.9 Å². The first-order chi connectivity index (χ1) is 10.1. The average Bonchev–Trinajstić information content (AvgIpc) is 2.49. The van der Waals surface area contributed by atoms with E-state index in [-0.39, 0.29) is 0 Å². The summed E-state index contributed by atoms with van der Waals surface area (Å²) in [6.07, 6.45) is 3.94. The lowest BCUT2D eigenvalue weighted by Gasteiger charge is -2.36. The molecule has 0 aliphatic carbocycles. The first kappa shape index (κ1) is 16.5. The summed E-state index contributed by atoms with van der Waals surface area (Å²) in [6, 6.07) is 7.48. The molecule has 1 aliphatic rings. The van der Waals surface area contributed by atoms with Crippen molar-refractivity contribution in [1.29, 1.82) is 0 Å². The number of nitrogens with one attached hydrogen (secondary N) is 1. The molecule has 1 fully saturated rings. The van der Waals surface area contributed by atoms with Gasteiger partial charge in [-0.05, 0) is 70.2 Å². The molecule has 2 nitrogen and oxygen atoms in total. The Hall–Kier alpha value is -0.860. The summed E-state index contributed by atoms with van der Waals surface area (Å²) in [6.45, 7) is 13.8. The van der Waals surface area contributed by atoms with Gasteiger partial charge in [0.1, 0.15) is 0 Å². The number of rotatable bonds is 6. The van der Waals surface area contributed by atoms with Crippen LogP contribution in [0.4, 0.5) is 0 Å². The lowest BCUT2D eigenvalue weighted by atomic mass is 9.91. The zero-order chi connectivity index (χ0) is 15.2. The molecule has 118 valence electrons. The second-order valence-electron chi connectivity index (χ2n) is 6.81. The normalized spacial score (nSPS) is 21.4. The summed E-state index contributed by atoms with van der Waals surface area (Å²) in [5.41, 5.74) is 4.31. The van der Waals surface area contributed by atoms with E-state index in [0.29, 0.717) is 6.04 Å². The van der Waals surface area contributed by atoms with E-state index in [2.05, 4.69) is 56.1 Å². The molecule has 1 heterocycles. The van der Waals surface area contributed by atoms with Crippen LogP contribution < -0.4 is 5.32 Å². The quantitative estimate of drug-likeness (QED) is 0.854. The molecular formula is C19H32N2. The van der Waals surface area contributed by atoms with Crippen LogP contribution in [0.15, 0.2) is 18.2 Å². The fourth-order valence-corrected chi connectivity index (χ4v) is 3.39. The molecule has 0 amide bonds. The third-order valence-electron chi connectivity index (χ3n) is 4.86. The zero-order valence-corrected chi connectivity index (χ0v) is 14.3. The summed E-state index contributed by atoms with van der Waals surface area (Å²) in [5.74, 6) is 0.801. The fraction of sp³-hybridized carbons (Fsp3) is 0.684. The van der Waals surface area contributed by atoms with Crippen LogP contribution in [0.25, 0.3) is 0 Å². The number of hydrogen-bond acceptors (Lipinski definition) is 2. The van der Waals surface area contributed by atoms with E-state index in [1.54, 1.807) is 0 Å². The van der Waals surface area contributed by atoms with E-state index in [1.165, 1.54) is 49.0 Å². The fourth-order valence-electron chi connectivity index (χ4n) is 3.39. The smallest absolute Gasteiger partial charge is 0.0236 e. The highest BCUT2D eigenvalue weighted by Gasteiger charge is 2.24. The maximum absolute atomic E-state index is 3.68. The predicted octanol–water partition coefficient (Wildman–Crippen LogP) is 3.90. The Kier molecular flexibility index (Phi) is 6.25. The molecule has 2 unspecified atom stereocenters. The first-order valence-electron chi connectivity index (χ1n) is 8.62. The van der Waals surface area contributed by atoms with Gasteiger partial charge in [0.15, 0.2) is 0 Å². The molecule has 1 aliphatic heterocycles. The van der Waals surface area contributed by atoms with E-state index < -0.39 is 0 Å². The topological polar surface area (TPSA) is 15.3 Å². The van der Waals surface area contributed by atoms with Crippen LogP contribution in [0.1, 0.15) is 49.8 Å². The Labute approximate surface area is 130 Å². The number of nitrogens with zero attached hydrogens (tertiary/aromatic N) is 1. The van der Waals surface area contributed by atoms with Crippen molar-refractivity contribution >= 4 is 0 Å². The van der Waals surface area contributed by atoms with Crippen LogP contribution >= 0.6 is 0 Å². The molecular weight excluding hydrogens is 256 g/mol. The molecule has 1 aromatic carbocycles. The predicted molar refractivity (Wildman–Crippen MR) is 91.7 cm³/mol. The average molecular weight is 288 g/mol. The lowest BCUT2D eigenvalue weighted by molar-refractivity contribution is 0.144. The Bertz CT molecular complexity index is 441. The largest absolute Gasteiger partial charge is 0.314 e. The van der Waals surface area contributed by atoms with Gasteiger partial charge in [0.05, 0.1) is 0 Å². The number of hydrogen-bond donors (Lipinski definition) is 1. The third-order valence-corrected chi connectivity index (χ3v) is 4.86. The Morgan fingerprint density at radius 3 is 2.90 bits per heavy atom. The van der Waals surface area contributed by atoms with Gasteiger partial charge in [-0.1, -0.05) is 30.7 Å². The summed E-state index contributed by atoms with van der Waals surface area (Å²) in [4.78, 5) is 2.65. The van der Waals surface area contributed by atoms with E-state index in [4.69, 9.17) is 0 Å². The third kappa shape index (κ3) is 4.82. The summed E-state index contributed by atoms with van der Waals surface area (Å²) in [7, 11) is 0.